The number of nitrogens with one attached hydrogen (secondary N) is 1. The van der Waals surface area contributed by atoms with Crippen LogP contribution in [0.3, 0.4) is 0 Å². The van der Waals surface area contributed by atoms with Crippen molar-refractivity contribution >= 4 is 33.2 Å². The monoisotopic (exact) mass is 380 g/mol. The molecule has 4 nitrogen and oxygen atoms in total. The Balaban J connectivity index is 1.72. The third kappa shape index (κ3) is 3.56. The predicted molar refractivity (Wildman–Crippen MR) is 90.9 cm³/mol. The molecule has 0 amide bonds. The number of halogens is 1. The minimum Gasteiger partial charge on any atom is -0.480 e. The largest absolute Gasteiger partial charge is 0.480 e. The van der Waals surface area contributed by atoms with Crippen LogP contribution in [0.5, 0.6) is 0 Å². The van der Waals surface area contributed by atoms with Crippen LogP contribution in [0, 0.1) is 5.92 Å². The van der Waals surface area contributed by atoms with Crippen LogP contribution in [0.2, 0.25) is 0 Å². The summed E-state index contributed by atoms with van der Waals surface area (Å²) in [4.78, 5) is 16.0. The predicted octanol–water partition coefficient (Wildman–Crippen LogP) is 4.09. The van der Waals surface area contributed by atoms with Gasteiger partial charge in [0.15, 0.2) is 0 Å². The van der Waals surface area contributed by atoms with Gasteiger partial charge in [0.1, 0.15) is 11.0 Å². The lowest BCUT2D eigenvalue weighted by molar-refractivity contribution is -0.140. The quantitative estimate of drug-likeness (QED) is 0.791. The SMILES string of the molecule is CC(NC(C(=O)O)C1CC1)c1nc(-c2ccc(Br)cc2)cs1. The van der Waals surface area contributed by atoms with E-state index in [1.807, 2.05) is 36.6 Å². The Labute approximate surface area is 141 Å². The second-order valence-corrected chi connectivity index (χ2v) is 7.42. The summed E-state index contributed by atoms with van der Waals surface area (Å²) in [7, 11) is 0. The van der Waals surface area contributed by atoms with E-state index in [2.05, 4.69) is 26.2 Å². The van der Waals surface area contributed by atoms with E-state index in [0.29, 0.717) is 0 Å². The molecule has 2 atom stereocenters. The van der Waals surface area contributed by atoms with Crippen molar-refractivity contribution in [2.75, 3.05) is 0 Å². The first-order valence-corrected chi connectivity index (χ1v) is 8.92. The molecular formula is C16H17BrN2O2S. The summed E-state index contributed by atoms with van der Waals surface area (Å²) in [5.41, 5.74) is 1.99. The molecule has 0 saturated heterocycles. The normalized spacial score (nSPS) is 17.2. The number of carbonyl (C=O) groups is 1. The van der Waals surface area contributed by atoms with Gasteiger partial charge in [-0.1, -0.05) is 28.1 Å². The number of hydrogen-bond donors (Lipinski definition) is 2. The van der Waals surface area contributed by atoms with Crippen LogP contribution < -0.4 is 5.32 Å². The van der Waals surface area contributed by atoms with Gasteiger partial charge in [0.25, 0.3) is 0 Å². The third-order valence-corrected chi connectivity index (χ3v) is 5.38. The minimum absolute atomic E-state index is 0.0594. The van der Waals surface area contributed by atoms with Gasteiger partial charge in [0.2, 0.25) is 0 Å². The second kappa shape index (κ2) is 6.48. The van der Waals surface area contributed by atoms with Gasteiger partial charge in [-0.2, -0.15) is 0 Å². The van der Waals surface area contributed by atoms with Gasteiger partial charge in [-0.3, -0.25) is 10.1 Å². The number of carboxylic acids is 1. The average Bonchev–Trinajstić information content (AvgIpc) is 3.21. The molecule has 1 heterocycles. The molecule has 6 heteroatoms. The molecule has 1 aromatic carbocycles. The summed E-state index contributed by atoms with van der Waals surface area (Å²) >= 11 is 4.99. The van der Waals surface area contributed by atoms with Crippen LogP contribution in [-0.2, 0) is 4.79 Å². The van der Waals surface area contributed by atoms with Crippen molar-refractivity contribution in [1.29, 1.82) is 0 Å². The number of aliphatic carboxylic acids is 1. The summed E-state index contributed by atoms with van der Waals surface area (Å²) in [6.45, 7) is 1.97. The van der Waals surface area contributed by atoms with E-state index >= 15 is 0 Å². The molecule has 0 aliphatic heterocycles. The third-order valence-electron chi connectivity index (χ3n) is 3.82. The van der Waals surface area contributed by atoms with Gasteiger partial charge >= 0.3 is 5.97 Å². The number of hydrogen-bond acceptors (Lipinski definition) is 4. The molecule has 1 aromatic heterocycles. The van der Waals surface area contributed by atoms with Gasteiger partial charge in [-0.15, -0.1) is 11.3 Å². The topological polar surface area (TPSA) is 62.2 Å². The van der Waals surface area contributed by atoms with E-state index in [4.69, 9.17) is 0 Å². The first-order chi connectivity index (χ1) is 10.5. The summed E-state index contributed by atoms with van der Waals surface area (Å²) < 4.78 is 1.04. The number of nitrogens with zero attached hydrogens (tertiary/aromatic N) is 1. The molecule has 0 bridgehead atoms. The Morgan fingerprint density at radius 3 is 2.68 bits per heavy atom. The molecule has 0 radical (unpaired) electrons. The summed E-state index contributed by atoms with van der Waals surface area (Å²) in [6, 6.07) is 7.50. The lowest BCUT2D eigenvalue weighted by atomic mass is 10.1. The molecule has 3 rings (SSSR count). The lowest BCUT2D eigenvalue weighted by Gasteiger charge is -2.18. The summed E-state index contributed by atoms with van der Waals surface area (Å²) in [5, 5.41) is 15.5. The Kier molecular flexibility index (Phi) is 4.61. The van der Waals surface area contributed by atoms with Crippen LogP contribution in [0.4, 0.5) is 0 Å². The number of rotatable bonds is 6. The van der Waals surface area contributed by atoms with E-state index in [-0.39, 0.29) is 12.0 Å². The molecule has 22 heavy (non-hydrogen) atoms. The Morgan fingerprint density at radius 1 is 1.41 bits per heavy atom. The standard InChI is InChI=1S/C16H17BrN2O2S/c1-9(18-14(16(20)21)11-2-3-11)15-19-13(8-22-15)10-4-6-12(17)7-5-10/h4-9,11,14,18H,2-3H2,1H3,(H,20,21). The molecule has 1 fully saturated rings. The van der Waals surface area contributed by atoms with E-state index in [1.54, 1.807) is 11.3 Å². The summed E-state index contributed by atoms with van der Waals surface area (Å²) in [5.74, 6) is -0.495. The van der Waals surface area contributed by atoms with E-state index in [0.717, 1.165) is 33.6 Å². The maximum Gasteiger partial charge on any atom is 0.321 e. The van der Waals surface area contributed by atoms with Crippen molar-refractivity contribution in [3.8, 4) is 11.3 Å². The van der Waals surface area contributed by atoms with Crippen molar-refractivity contribution in [2.24, 2.45) is 5.92 Å². The highest BCUT2D eigenvalue weighted by atomic mass is 79.9. The fourth-order valence-corrected chi connectivity index (χ4v) is 3.53. The number of thiazole rings is 1. The highest BCUT2D eigenvalue weighted by molar-refractivity contribution is 9.10. The fraction of sp³-hybridized carbons (Fsp3) is 0.375. The zero-order chi connectivity index (χ0) is 15.7. The fourth-order valence-electron chi connectivity index (χ4n) is 2.42. The van der Waals surface area contributed by atoms with Crippen molar-refractivity contribution < 1.29 is 9.90 Å². The van der Waals surface area contributed by atoms with Gasteiger partial charge in [0.05, 0.1) is 11.7 Å². The summed E-state index contributed by atoms with van der Waals surface area (Å²) in [6.07, 6.45) is 2.00. The first kappa shape index (κ1) is 15.6. The Bertz CT molecular complexity index is 667. The van der Waals surface area contributed by atoms with Crippen LogP contribution in [0.25, 0.3) is 11.3 Å². The number of aromatic nitrogens is 1. The van der Waals surface area contributed by atoms with Crippen LogP contribution in [0.15, 0.2) is 34.1 Å². The van der Waals surface area contributed by atoms with Gasteiger partial charge in [-0.25, -0.2) is 4.98 Å². The molecule has 2 N–H and O–H groups in total. The molecule has 1 saturated carbocycles. The maximum absolute atomic E-state index is 11.3. The van der Waals surface area contributed by atoms with Crippen LogP contribution in [0.1, 0.15) is 30.8 Å². The highest BCUT2D eigenvalue weighted by Gasteiger charge is 2.37. The van der Waals surface area contributed by atoms with Gasteiger partial charge in [0, 0.05) is 15.4 Å². The van der Waals surface area contributed by atoms with Gasteiger partial charge in [-0.05, 0) is 37.8 Å². The van der Waals surface area contributed by atoms with Gasteiger partial charge < -0.3 is 5.11 Å². The van der Waals surface area contributed by atoms with Crippen LogP contribution in [-0.4, -0.2) is 22.1 Å². The molecule has 116 valence electrons. The first-order valence-electron chi connectivity index (χ1n) is 7.25. The van der Waals surface area contributed by atoms with Crippen LogP contribution >= 0.6 is 27.3 Å². The second-order valence-electron chi connectivity index (χ2n) is 5.62. The smallest absolute Gasteiger partial charge is 0.321 e. The number of carboxylic acid groups (broad SMARTS) is 1. The van der Waals surface area contributed by atoms with E-state index in [1.165, 1.54) is 0 Å². The van der Waals surface area contributed by atoms with Crippen molar-refractivity contribution in [1.82, 2.24) is 10.3 Å². The lowest BCUT2D eigenvalue weighted by Crippen LogP contribution is -2.39. The molecule has 2 aromatic rings. The molecule has 1 aliphatic rings. The van der Waals surface area contributed by atoms with E-state index in [9.17, 15) is 9.90 Å². The molecular weight excluding hydrogens is 364 g/mol. The molecule has 2 unspecified atom stereocenters. The Morgan fingerprint density at radius 2 is 2.09 bits per heavy atom. The van der Waals surface area contributed by atoms with E-state index < -0.39 is 12.0 Å². The molecule has 1 aliphatic carbocycles. The van der Waals surface area contributed by atoms with Crippen molar-refractivity contribution in [3.63, 3.8) is 0 Å². The Hall–Kier alpha value is -1.24. The maximum atomic E-state index is 11.3. The zero-order valence-corrected chi connectivity index (χ0v) is 14.5. The zero-order valence-electron chi connectivity index (χ0n) is 12.1. The van der Waals surface area contributed by atoms with Crippen molar-refractivity contribution in [3.05, 3.63) is 39.1 Å². The minimum atomic E-state index is -0.765. The highest BCUT2D eigenvalue weighted by Crippen LogP contribution is 2.34. The molecule has 0 spiro atoms. The van der Waals surface area contributed by atoms with Crippen molar-refractivity contribution in [2.45, 2.75) is 31.8 Å². The average molecular weight is 381 g/mol. The number of benzene rings is 1.